The van der Waals surface area contributed by atoms with Gasteiger partial charge < -0.3 is 20.1 Å². The van der Waals surface area contributed by atoms with Crippen molar-refractivity contribution in [3.05, 3.63) is 29.8 Å². The molecule has 108 valence electrons. The Morgan fingerprint density at radius 2 is 2.05 bits per heavy atom. The molecule has 0 unspecified atom stereocenters. The van der Waals surface area contributed by atoms with Gasteiger partial charge in [0.2, 0.25) is 0 Å². The van der Waals surface area contributed by atoms with Crippen molar-refractivity contribution in [3.63, 3.8) is 0 Å². The van der Waals surface area contributed by atoms with Crippen LogP contribution in [0.4, 0.5) is 4.79 Å². The molecule has 0 spiro atoms. The number of urea groups is 1. The highest BCUT2D eigenvalue weighted by atomic mass is 16.5. The highest BCUT2D eigenvalue weighted by Gasteiger charge is 2.24. The van der Waals surface area contributed by atoms with Crippen LogP contribution in [-0.2, 0) is 4.74 Å². The number of ether oxygens (including phenoxy) is 2. The maximum absolute atomic E-state index is 11.9. The van der Waals surface area contributed by atoms with Crippen molar-refractivity contribution >= 4 is 6.03 Å². The van der Waals surface area contributed by atoms with Crippen molar-refractivity contribution in [2.45, 2.75) is 24.8 Å². The Bertz CT molecular complexity index is 472. The summed E-state index contributed by atoms with van der Waals surface area (Å²) in [5, 5.41) is 5.94. The monoisotopic (exact) mass is 276 g/mol. The molecule has 1 saturated heterocycles. The van der Waals surface area contributed by atoms with Gasteiger partial charge in [0.25, 0.3) is 0 Å². The van der Waals surface area contributed by atoms with E-state index in [4.69, 9.17) is 9.47 Å². The summed E-state index contributed by atoms with van der Waals surface area (Å²) >= 11 is 0. The van der Waals surface area contributed by atoms with Crippen LogP contribution in [-0.4, -0.2) is 38.4 Å². The van der Waals surface area contributed by atoms with Crippen LogP contribution in [0.25, 0.3) is 0 Å². The Balaban J connectivity index is 1.46. The Hall–Kier alpha value is -1.75. The predicted octanol–water partition coefficient (Wildman–Crippen LogP) is 1.64. The van der Waals surface area contributed by atoms with E-state index < -0.39 is 0 Å². The van der Waals surface area contributed by atoms with Gasteiger partial charge in [0.15, 0.2) is 0 Å². The molecule has 2 amide bonds. The molecule has 20 heavy (non-hydrogen) atoms. The van der Waals surface area contributed by atoms with Gasteiger partial charge in [-0.25, -0.2) is 4.79 Å². The first kappa shape index (κ1) is 13.2. The van der Waals surface area contributed by atoms with Crippen LogP contribution in [0.3, 0.4) is 0 Å². The number of carbonyl (C=O) groups excluding carboxylic acids is 1. The summed E-state index contributed by atoms with van der Waals surface area (Å²) in [6, 6.07) is 8.13. The van der Waals surface area contributed by atoms with Crippen molar-refractivity contribution < 1.29 is 14.3 Å². The number of rotatable bonds is 3. The molecule has 0 bridgehead atoms. The average molecular weight is 276 g/mol. The first-order valence-corrected chi connectivity index (χ1v) is 7.17. The smallest absolute Gasteiger partial charge is 0.315 e. The zero-order valence-electron chi connectivity index (χ0n) is 11.4. The van der Waals surface area contributed by atoms with Gasteiger partial charge in [-0.2, -0.15) is 0 Å². The van der Waals surface area contributed by atoms with Gasteiger partial charge >= 0.3 is 6.03 Å². The molecule has 1 fully saturated rings. The van der Waals surface area contributed by atoms with Crippen LogP contribution in [0.15, 0.2) is 24.3 Å². The van der Waals surface area contributed by atoms with Gasteiger partial charge in [-0.15, -0.1) is 0 Å². The molecular weight excluding hydrogens is 256 g/mol. The summed E-state index contributed by atoms with van der Waals surface area (Å²) in [4.78, 5) is 11.9. The van der Waals surface area contributed by atoms with E-state index in [0.717, 1.165) is 31.8 Å². The van der Waals surface area contributed by atoms with Gasteiger partial charge in [0.1, 0.15) is 5.75 Å². The number of hydrogen-bond acceptors (Lipinski definition) is 3. The topological polar surface area (TPSA) is 59.6 Å². The van der Waals surface area contributed by atoms with E-state index in [1.54, 1.807) is 0 Å². The second kappa shape index (κ2) is 6.13. The first-order valence-electron chi connectivity index (χ1n) is 7.17. The molecule has 1 aromatic rings. The van der Waals surface area contributed by atoms with E-state index in [0.29, 0.717) is 13.2 Å². The zero-order chi connectivity index (χ0) is 13.8. The van der Waals surface area contributed by atoms with Gasteiger partial charge in [-0.05, 0) is 18.9 Å². The van der Waals surface area contributed by atoms with E-state index in [9.17, 15) is 4.79 Å². The molecule has 0 saturated carbocycles. The van der Waals surface area contributed by atoms with E-state index in [-0.39, 0.29) is 18.0 Å². The minimum absolute atomic E-state index is 0.0960. The Morgan fingerprint density at radius 1 is 1.25 bits per heavy atom. The Morgan fingerprint density at radius 3 is 2.90 bits per heavy atom. The lowest BCUT2D eigenvalue weighted by Gasteiger charge is -2.23. The third-order valence-corrected chi connectivity index (χ3v) is 3.86. The molecule has 5 heteroatoms. The maximum atomic E-state index is 11.9. The number of nitrogens with one attached hydrogen (secondary N) is 2. The van der Waals surface area contributed by atoms with Crippen LogP contribution >= 0.6 is 0 Å². The van der Waals surface area contributed by atoms with E-state index >= 15 is 0 Å². The van der Waals surface area contributed by atoms with Crippen LogP contribution in [0.2, 0.25) is 0 Å². The van der Waals surface area contributed by atoms with Crippen molar-refractivity contribution in [3.8, 4) is 5.75 Å². The van der Waals surface area contributed by atoms with Gasteiger partial charge in [0, 0.05) is 37.3 Å². The van der Waals surface area contributed by atoms with E-state index in [1.807, 2.05) is 18.2 Å². The third-order valence-electron chi connectivity index (χ3n) is 3.86. The molecule has 2 aliphatic heterocycles. The van der Waals surface area contributed by atoms with Gasteiger partial charge in [-0.1, -0.05) is 18.2 Å². The molecule has 3 rings (SSSR count). The number of hydrogen-bond donors (Lipinski definition) is 2. The van der Waals surface area contributed by atoms with Crippen molar-refractivity contribution in [1.29, 1.82) is 0 Å². The second-order valence-corrected chi connectivity index (χ2v) is 5.29. The summed E-state index contributed by atoms with van der Waals surface area (Å²) in [5.41, 5.74) is 1.18. The molecule has 0 aliphatic carbocycles. The lowest BCUT2D eigenvalue weighted by Crippen LogP contribution is -2.45. The molecule has 5 nitrogen and oxygen atoms in total. The minimum Gasteiger partial charge on any atom is -0.493 e. The molecule has 2 aliphatic rings. The number of fused-ring (bicyclic) bond motifs is 1. The fraction of sp³-hybridized carbons (Fsp3) is 0.533. The second-order valence-electron chi connectivity index (χ2n) is 5.29. The minimum atomic E-state index is -0.0960. The van der Waals surface area contributed by atoms with Crippen LogP contribution in [0, 0.1) is 0 Å². The highest BCUT2D eigenvalue weighted by molar-refractivity contribution is 5.74. The van der Waals surface area contributed by atoms with Crippen molar-refractivity contribution in [2.24, 2.45) is 0 Å². The Kier molecular flexibility index (Phi) is 4.06. The largest absolute Gasteiger partial charge is 0.493 e. The summed E-state index contributed by atoms with van der Waals surface area (Å²) in [7, 11) is 0. The lowest BCUT2D eigenvalue weighted by atomic mass is 10.0. The van der Waals surface area contributed by atoms with Crippen molar-refractivity contribution in [1.82, 2.24) is 10.6 Å². The van der Waals surface area contributed by atoms with Gasteiger partial charge in [-0.3, -0.25) is 0 Å². The summed E-state index contributed by atoms with van der Waals surface area (Å²) in [6.45, 7) is 2.70. The fourth-order valence-corrected chi connectivity index (χ4v) is 2.69. The molecule has 0 radical (unpaired) electrons. The average Bonchev–Trinajstić information content (AvgIpc) is 2.89. The molecule has 2 heterocycles. The van der Waals surface area contributed by atoms with Crippen molar-refractivity contribution in [2.75, 3.05) is 26.4 Å². The summed E-state index contributed by atoms with van der Waals surface area (Å²) in [5.74, 6) is 1.18. The van der Waals surface area contributed by atoms with Crippen LogP contribution in [0.5, 0.6) is 5.75 Å². The quantitative estimate of drug-likeness (QED) is 0.882. The van der Waals surface area contributed by atoms with E-state index in [2.05, 4.69) is 16.7 Å². The predicted molar refractivity (Wildman–Crippen MR) is 75.1 cm³/mol. The number of para-hydroxylation sites is 1. The number of amides is 2. The lowest BCUT2D eigenvalue weighted by molar-refractivity contribution is 0.0800. The molecular formula is C15H20N2O3. The Labute approximate surface area is 118 Å². The number of benzene rings is 1. The highest BCUT2D eigenvalue weighted by Crippen LogP contribution is 2.32. The third kappa shape index (κ3) is 3.04. The maximum Gasteiger partial charge on any atom is 0.315 e. The normalized spacial score (nSPS) is 21.9. The molecule has 2 N–H and O–H groups in total. The summed E-state index contributed by atoms with van der Waals surface area (Å²) in [6.07, 6.45) is 1.78. The molecule has 0 aromatic heterocycles. The fourth-order valence-electron chi connectivity index (χ4n) is 2.69. The van der Waals surface area contributed by atoms with Gasteiger partial charge in [0.05, 0.1) is 6.61 Å². The van der Waals surface area contributed by atoms with Crippen LogP contribution < -0.4 is 15.4 Å². The number of carbonyl (C=O) groups is 1. The zero-order valence-corrected chi connectivity index (χ0v) is 11.4. The SMILES string of the molecule is O=C(NC[C@H]1COc2ccccc21)NC1CCOCC1. The molecule has 1 aromatic carbocycles. The van der Waals surface area contributed by atoms with Crippen LogP contribution in [0.1, 0.15) is 24.3 Å². The van der Waals surface area contributed by atoms with E-state index in [1.165, 1.54) is 5.56 Å². The summed E-state index contributed by atoms with van der Waals surface area (Å²) < 4.78 is 10.9. The standard InChI is InChI=1S/C15H20N2O3/c18-15(17-12-5-7-19-8-6-12)16-9-11-10-20-14-4-2-1-3-13(11)14/h1-4,11-12H,5-10H2,(H2,16,17,18)/t11-/m0/s1. The first-order chi connectivity index (χ1) is 9.83. The molecule has 1 atom stereocenters.